The van der Waals surface area contributed by atoms with Crippen molar-refractivity contribution < 1.29 is 19.1 Å². The van der Waals surface area contributed by atoms with E-state index in [9.17, 15) is 14.4 Å². The van der Waals surface area contributed by atoms with E-state index in [0.717, 1.165) is 6.42 Å². The SMILES string of the molecule is COc1ccc(C(=O)N2CCN(CC(=O)N3CCCC3C(N)=O)CC2)cc1. The van der Waals surface area contributed by atoms with Crippen molar-refractivity contribution in [1.82, 2.24) is 14.7 Å². The summed E-state index contributed by atoms with van der Waals surface area (Å²) in [6, 6.07) is 6.58. The van der Waals surface area contributed by atoms with Crippen LogP contribution in [0, 0.1) is 0 Å². The van der Waals surface area contributed by atoms with E-state index in [1.54, 1.807) is 41.2 Å². The summed E-state index contributed by atoms with van der Waals surface area (Å²) >= 11 is 0. The van der Waals surface area contributed by atoms with Gasteiger partial charge in [-0.1, -0.05) is 0 Å². The van der Waals surface area contributed by atoms with E-state index in [4.69, 9.17) is 10.5 Å². The summed E-state index contributed by atoms with van der Waals surface area (Å²) in [5.41, 5.74) is 6.01. The van der Waals surface area contributed by atoms with Gasteiger partial charge in [0.2, 0.25) is 11.8 Å². The number of primary amides is 1. The molecule has 0 aliphatic carbocycles. The van der Waals surface area contributed by atoms with E-state index < -0.39 is 11.9 Å². The lowest BCUT2D eigenvalue weighted by atomic mass is 10.1. The third kappa shape index (κ3) is 4.39. The summed E-state index contributed by atoms with van der Waals surface area (Å²) in [5, 5.41) is 0. The van der Waals surface area contributed by atoms with Gasteiger partial charge >= 0.3 is 0 Å². The lowest BCUT2D eigenvalue weighted by molar-refractivity contribution is -0.138. The minimum absolute atomic E-state index is 0.0167. The zero-order chi connectivity index (χ0) is 19.4. The molecule has 0 bridgehead atoms. The van der Waals surface area contributed by atoms with Crippen molar-refractivity contribution in [2.75, 3.05) is 46.4 Å². The van der Waals surface area contributed by atoms with Crippen LogP contribution in [0.4, 0.5) is 0 Å². The molecule has 8 nitrogen and oxygen atoms in total. The van der Waals surface area contributed by atoms with Crippen LogP contribution in [0.15, 0.2) is 24.3 Å². The van der Waals surface area contributed by atoms with Crippen LogP contribution in [0.2, 0.25) is 0 Å². The molecule has 0 aromatic heterocycles. The van der Waals surface area contributed by atoms with Gasteiger partial charge in [0.25, 0.3) is 5.91 Å². The minimum Gasteiger partial charge on any atom is -0.497 e. The van der Waals surface area contributed by atoms with E-state index >= 15 is 0 Å². The molecule has 1 unspecified atom stereocenters. The Morgan fingerprint density at radius 3 is 2.33 bits per heavy atom. The van der Waals surface area contributed by atoms with Gasteiger partial charge in [-0.2, -0.15) is 0 Å². The molecule has 27 heavy (non-hydrogen) atoms. The van der Waals surface area contributed by atoms with Gasteiger partial charge in [0.1, 0.15) is 11.8 Å². The predicted molar refractivity (Wildman–Crippen MR) is 99.3 cm³/mol. The number of piperazine rings is 1. The molecule has 2 heterocycles. The maximum atomic E-state index is 12.6. The number of nitrogens with zero attached hydrogens (tertiary/aromatic N) is 3. The van der Waals surface area contributed by atoms with Gasteiger partial charge < -0.3 is 20.3 Å². The van der Waals surface area contributed by atoms with Crippen molar-refractivity contribution in [2.24, 2.45) is 5.73 Å². The monoisotopic (exact) mass is 374 g/mol. The van der Waals surface area contributed by atoms with E-state index in [1.807, 2.05) is 4.90 Å². The number of benzene rings is 1. The largest absolute Gasteiger partial charge is 0.497 e. The van der Waals surface area contributed by atoms with Gasteiger partial charge in [-0.05, 0) is 37.1 Å². The molecule has 1 atom stereocenters. The summed E-state index contributed by atoms with van der Waals surface area (Å²) in [7, 11) is 1.59. The van der Waals surface area contributed by atoms with Crippen LogP contribution in [-0.4, -0.2) is 84.8 Å². The first-order valence-corrected chi connectivity index (χ1v) is 9.24. The van der Waals surface area contributed by atoms with E-state index in [1.165, 1.54) is 0 Å². The second-order valence-corrected chi connectivity index (χ2v) is 6.94. The summed E-state index contributed by atoms with van der Waals surface area (Å²) in [4.78, 5) is 42.0. The third-order valence-corrected chi connectivity index (χ3v) is 5.26. The molecule has 1 aromatic carbocycles. The van der Waals surface area contributed by atoms with Crippen molar-refractivity contribution in [2.45, 2.75) is 18.9 Å². The molecule has 3 rings (SSSR count). The van der Waals surface area contributed by atoms with Crippen molar-refractivity contribution in [3.8, 4) is 5.75 Å². The van der Waals surface area contributed by atoms with Gasteiger partial charge in [-0.15, -0.1) is 0 Å². The average Bonchev–Trinajstić information content (AvgIpc) is 3.18. The maximum Gasteiger partial charge on any atom is 0.253 e. The molecule has 0 spiro atoms. The fourth-order valence-electron chi connectivity index (χ4n) is 3.67. The quantitative estimate of drug-likeness (QED) is 0.778. The molecular formula is C19H26N4O4. The van der Waals surface area contributed by atoms with E-state index in [0.29, 0.717) is 50.5 Å². The van der Waals surface area contributed by atoms with Gasteiger partial charge in [-0.3, -0.25) is 19.3 Å². The normalized spacial score (nSPS) is 20.6. The van der Waals surface area contributed by atoms with Crippen molar-refractivity contribution in [1.29, 1.82) is 0 Å². The molecule has 2 aliphatic rings. The highest BCUT2D eigenvalue weighted by atomic mass is 16.5. The molecular weight excluding hydrogens is 348 g/mol. The van der Waals surface area contributed by atoms with Crippen LogP contribution in [0.5, 0.6) is 5.75 Å². The Bertz CT molecular complexity index is 698. The number of nitrogens with two attached hydrogens (primary N) is 1. The molecule has 2 N–H and O–H groups in total. The molecule has 146 valence electrons. The zero-order valence-corrected chi connectivity index (χ0v) is 15.6. The summed E-state index contributed by atoms with van der Waals surface area (Å²) in [6.07, 6.45) is 1.45. The van der Waals surface area contributed by atoms with Crippen LogP contribution in [0.1, 0.15) is 23.2 Å². The second kappa shape index (κ2) is 8.39. The topological polar surface area (TPSA) is 96.2 Å². The number of likely N-dealkylation sites (tertiary alicyclic amines) is 1. The van der Waals surface area contributed by atoms with Crippen LogP contribution in [-0.2, 0) is 9.59 Å². The molecule has 0 radical (unpaired) electrons. The molecule has 1 aromatic rings. The first-order chi connectivity index (χ1) is 13.0. The van der Waals surface area contributed by atoms with Gasteiger partial charge in [-0.25, -0.2) is 0 Å². The smallest absolute Gasteiger partial charge is 0.253 e. The van der Waals surface area contributed by atoms with Crippen LogP contribution in [0.3, 0.4) is 0 Å². The lowest BCUT2D eigenvalue weighted by Crippen LogP contribution is -2.53. The lowest BCUT2D eigenvalue weighted by Gasteiger charge is -2.35. The first kappa shape index (κ1) is 19.2. The number of carbonyl (C=O) groups excluding carboxylic acids is 3. The number of rotatable bonds is 5. The first-order valence-electron chi connectivity index (χ1n) is 9.24. The van der Waals surface area contributed by atoms with Crippen LogP contribution in [0.25, 0.3) is 0 Å². The number of methoxy groups -OCH3 is 1. The number of carbonyl (C=O) groups is 3. The molecule has 2 saturated heterocycles. The molecule has 2 fully saturated rings. The zero-order valence-electron chi connectivity index (χ0n) is 15.6. The highest BCUT2D eigenvalue weighted by Gasteiger charge is 2.33. The Morgan fingerprint density at radius 1 is 1.07 bits per heavy atom. The van der Waals surface area contributed by atoms with E-state index in [2.05, 4.69) is 0 Å². The molecule has 2 aliphatic heterocycles. The molecule has 8 heteroatoms. The molecule has 0 saturated carbocycles. The predicted octanol–water partition coefficient (Wildman–Crippen LogP) is -0.0707. The van der Waals surface area contributed by atoms with Gasteiger partial charge in [0.05, 0.1) is 13.7 Å². The van der Waals surface area contributed by atoms with Crippen LogP contribution >= 0.6 is 0 Å². The Balaban J connectivity index is 1.50. The number of hydrogen-bond acceptors (Lipinski definition) is 5. The third-order valence-electron chi connectivity index (χ3n) is 5.26. The highest BCUT2D eigenvalue weighted by Crippen LogP contribution is 2.18. The van der Waals surface area contributed by atoms with Gasteiger partial charge in [0, 0.05) is 38.3 Å². The minimum atomic E-state index is -0.476. The molecule has 3 amide bonds. The Morgan fingerprint density at radius 2 is 1.74 bits per heavy atom. The number of hydrogen-bond donors (Lipinski definition) is 1. The summed E-state index contributed by atoms with van der Waals surface area (Å²) in [6.45, 7) is 3.23. The summed E-state index contributed by atoms with van der Waals surface area (Å²) < 4.78 is 5.11. The van der Waals surface area contributed by atoms with Crippen molar-refractivity contribution in [3.63, 3.8) is 0 Å². The maximum absolute atomic E-state index is 12.6. The fourth-order valence-corrected chi connectivity index (χ4v) is 3.67. The fraction of sp³-hybridized carbons (Fsp3) is 0.526. The van der Waals surface area contributed by atoms with Crippen molar-refractivity contribution >= 4 is 17.7 Å². The Hall–Kier alpha value is -2.61. The second-order valence-electron chi connectivity index (χ2n) is 6.94. The summed E-state index contributed by atoms with van der Waals surface area (Å²) in [5.74, 6) is 0.199. The van der Waals surface area contributed by atoms with Crippen molar-refractivity contribution in [3.05, 3.63) is 29.8 Å². The van der Waals surface area contributed by atoms with Gasteiger partial charge in [0.15, 0.2) is 0 Å². The number of ether oxygens (including phenoxy) is 1. The number of amides is 3. The standard InChI is InChI=1S/C19H26N4O4/c1-27-15-6-4-14(5-7-15)19(26)22-11-9-21(10-12-22)13-17(24)23-8-2-3-16(23)18(20)25/h4-7,16H,2-3,8-13H2,1H3,(H2,20,25). The van der Waals surface area contributed by atoms with Crippen LogP contribution < -0.4 is 10.5 Å². The Kier molecular flexibility index (Phi) is 5.95. The van der Waals surface area contributed by atoms with E-state index in [-0.39, 0.29) is 18.4 Å². The highest BCUT2D eigenvalue weighted by molar-refractivity contribution is 5.94. The Labute approximate surface area is 158 Å². The average molecular weight is 374 g/mol.